The fourth-order valence-electron chi connectivity index (χ4n) is 2.44. The molecule has 2 rings (SSSR count). The molecule has 1 aromatic carbocycles. The number of benzene rings is 1. The van der Waals surface area contributed by atoms with E-state index in [0.29, 0.717) is 11.3 Å². The Morgan fingerprint density at radius 3 is 2.55 bits per heavy atom. The van der Waals surface area contributed by atoms with Gasteiger partial charge in [0, 0.05) is 20.1 Å². The maximum Gasteiger partial charge on any atom is 0.339 e. The summed E-state index contributed by atoms with van der Waals surface area (Å²) in [7, 11) is 3.17. The summed E-state index contributed by atoms with van der Waals surface area (Å²) in [5.74, 6) is -0.286. The number of hydrogen-bond donors (Lipinski definition) is 0. The van der Waals surface area contributed by atoms with E-state index in [1.54, 1.807) is 17.0 Å². The van der Waals surface area contributed by atoms with Crippen molar-refractivity contribution in [2.45, 2.75) is 12.8 Å². The number of rotatable bonds is 4. The Morgan fingerprint density at radius 1 is 1.25 bits per heavy atom. The van der Waals surface area contributed by atoms with Crippen LogP contribution in [0.25, 0.3) is 0 Å². The van der Waals surface area contributed by atoms with E-state index in [0.717, 1.165) is 25.9 Å². The van der Waals surface area contributed by atoms with Crippen LogP contribution in [0.1, 0.15) is 23.2 Å². The number of carbonyl (C=O) groups is 2. The normalized spacial score (nSPS) is 14.2. The second kappa shape index (κ2) is 6.41. The van der Waals surface area contributed by atoms with Crippen molar-refractivity contribution in [3.05, 3.63) is 29.8 Å². The number of nitrogens with zero attached hydrogens (tertiary/aromatic N) is 2. The molecule has 0 aromatic heterocycles. The van der Waals surface area contributed by atoms with Gasteiger partial charge in [0.2, 0.25) is 5.91 Å². The molecule has 1 aliphatic heterocycles. The second-order valence-electron chi connectivity index (χ2n) is 4.95. The molecule has 0 radical (unpaired) electrons. The summed E-state index contributed by atoms with van der Waals surface area (Å²) in [4.78, 5) is 27.6. The first kappa shape index (κ1) is 14.4. The van der Waals surface area contributed by atoms with E-state index in [1.807, 2.05) is 24.1 Å². The summed E-state index contributed by atoms with van der Waals surface area (Å²) in [5.41, 5.74) is 1.19. The molecule has 1 saturated heterocycles. The monoisotopic (exact) mass is 276 g/mol. The highest BCUT2D eigenvalue weighted by molar-refractivity contribution is 5.96. The maximum atomic E-state index is 12.1. The minimum absolute atomic E-state index is 0.102. The average Bonchev–Trinajstić information content (AvgIpc) is 3.00. The van der Waals surface area contributed by atoms with Crippen molar-refractivity contribution in [3.63, 3.8) is 0 Å². The van der Waals surface area contributed by atoms with Crippen LogP contribution in [0, 0.1) is 0 Å². The Kier molecular flexibility index (Phi) is 4.61. The molecule has 0 bridgehead atoms. The van der Waals surface area contributed by atoms with Gasteiger partial charge in [0.15, 0.2) is 0 Å². The minimum atomic E-state index is -0.388. The quantitative estimate of drug-likeness (QED) is 0.783. The second-order valence-corrected chi connectivity index (χ2v) is 4.95. The summed E-state index contributed by atoms with van der Waals surface area (Å²) < 4.78 is 4.77. The molecule has 1 aliphatic rings. The van der Waals surface area contributed by atoms with Crippen molar-refractivity contribution in [2.75, 3.05) is 38.7 Å². The van der Waals surface area contributed by atoms with Crippen LogP contribution in [0.3, 0.4) is 0 Å². The lowest BCUT2D eigenvalue weighted by Crippen LogP contribution is -2.37. The number of carbonyl (C=O) groups excluding carboxylic acids is 2. The highest BCUT2D eigenvalue weighted by Crippen LogP contribution is 2.20. The van der Waals surface area contributed by atoms with Gasteiger partial charge in [-0.25, -0.2) is 4.79 Å². The van der Waals surface area contributed by atoms with Gasteiger partial charge in [-0.15, -0.1) is 0 Å². The first-order valence-electron chi connectivity index (χ1n) is 6.79. The van der Waals surface area contributed by atoms with Gasteiger partial charge < -0.3 is 14.5 Å². The average molecular weight is 276 g/mol. The van der Waals surface area contributed by atoms with Crippen molar-refractivity contribution in [2.24, 2.45) is 0 Å². The molecule has 5 nitrogen and oxygen atoms in total. The Hall–Kier alpha value is -2.04. The first-order chi connectivity index (χ1) is 9.63. The third-order valence-electron chi connectivity index (χ3n) is 3.55. The van der Waals surface area contributed by atoms with Crippen LogP contribution in [0.5, 0.6) is 0 Å². The molecule has 5 heteroatoms. The number of hydrogen-bond acceptors (Lipinski definition) is 4. The number of anilines is 1. The van der Waals surface area contributed by atoms with Gasteiger partial charge in [-0.3, -0.25) is 4.79 Å². The van der Waals surface area contributed by atoms with Gasteiger partial charge in [-0.1, -0.05) is 12.1 Å². The van der Waals surface area contributed by atoms with Gasteiger partial charge in [0.05, 0.1) is 24.9 Å². The molecular weight excluding hydrogens is 256 g/mol. The molecule has 0 aliphatic carbocycles. The Balaban J connectivity index is 2.10. The zero-order valence-electron chi connectivity index (χ0n) is 12.0. The molecule has 0 N–H and O–H groups in total. The standard InChI is InChI=1S/C15H20N2O3/c1-16(11-14(18)17-9-5-6-10-17)13-8-4-3-7-12(13)15(19)20-2/h3-4,7-8H,5-6,9-11H2,1-2H3. The van der Waals surface area contributed by atoms with E-state index in [4.69, 9.17) is 4.74 Å². The molecule has 0 unspecified atom stereocenters. The summed E-state index contributed by atoms with van der Waals surface area (Å²) >= 11 is 0. The maximum absolute atomic E-state index is 12.1. The summed E-state index contributed by atoms with van der Waals surface area (Å²) in [6.45, 7) is 1.95. The van der Waals surface area contributed by atoms with Crippen LogP contribution in [-0.2, 0) is 9.53 Å². The third kappa shape index (κ3) is 3.10. The van der Waals surface area contributed by atoms with Crippen molar-refractivity contribution in [1.29, 1.82) is 0 Å². The molecule has 1 fully saturated rings. The van der Waals surface area contributed by atoms with E-state index in [2.05, 4.69) is 0 Å². The van der Waals surface area contributed by atoms with Gasteiger partial charge >= 0.3 is 5.97 Å². The number of likely N-dealkylation sites (N-methyl/N-ethyl adjacent to an activating group) is 1. The molecular formula is C15H20N2O3. The topological polar surface area (TPSA) is 49.9 Å². The van der Waals surface area contributed by atoms with Crippen molar-refractivity contribution >= 4 is 17.6 Å². The molecule has 0 saturated carbocycles. The number of methoxy groups -OCH3 is 1. The lowest BCUT2D eigenvalue weighted by Gasteiger charge is -2.24. The highest BCUT2D eigenvalue weighted by Gasteiger charge is 2.21. The summed E-state index contributed by atoms with van der Waals surface area (Å²) in [5, 5.41) is 0. The SMILES string of the molecule is COC(=O)c1ccccc1N(C)CC(=O)N1CCCC1. The van der Waals surface area contributed by atoms with Crippen LogP contribution < -0.4 is 4.90 Å². The van der Waals surface area contributed by atoms with Crippen LogP contribution in [0.2, 0.25) is 0 Å². The van der Waals surface area contributed by atoms with E-state index in [9.17, 15) is 9.59 Å². The number of ether oxygens (including phenoxy) is 1. The molecule has 0 atom stereocenters. The number of para-hydroxylation sites is 1. The first-order valence-corrected chi connectivity index (χ1v) is 6.79. The Bertz CT molecular complexity index is 496. The fraction of sp³-hybridized carbons (Fsp3) is 0.467. The van der Waals surface area contributed by atoms with Gasteiger partial charge in [-0.05, 0) is 25.0 Å². The Morgan fingerprint density at radius 2 is 1.90 bits per heavy atom. The van der Waals surface area contributed by atoms with Crippen LogP contribution in [0.4, 0.5) is 5.69 Å². The van der Waals surface area contributed by atoms with Gasteiger partial charge in [0.1, 0.15) is 0 Å². The number of esters is 1. The third-order valence-corrected chi connectivity index (χ3v) is 3.55. The molecule has 1 amide bonds. The van der Waals surface area contributed by atoms with Crippen molar-refractivity contribution in [3.8, 4) is 0 Å². The fourth-order valence-corrected chi connectivity index (χ4v) is 2.44. The predicted molar refractivity (Wildman–Crippen MR) is 76.9 cm³/mol. The lowest BCUT2D eigenvalue weighted by molar-refractivity contribution is -0.128. The van der Waals surface area contributed by atoms with Crippen LogP contribution in [0.15, 0.2) is 24.3 Å². The predicted octanol–water partition coefficient (Wildman–Crippen LogP) is 1.53. The Labute approximate surface area is 119 Å². The summed E-state index contributed by atoms with van der Waals surface area (Å²) in [6.07, 6.45) is 2.16. The van der Waals surface area contributed by atoms with Gasteiger partial charge in [-0.2, -0.15) is 0 Å². The van der Waals surface area contributed by atoms with Crippen LogP contribution in [-0.4, -0.2) is 50.6 Å². The molecule has 1 aromatic rings. The van der Waals surface area contributed by atoms with Crippen molar-refractivity contribution in [1.82, 2.24) is 4.90 Å². The van der Waals surface area contributed by atoms with E-state index in [-0.39, 0.29) is 18.4 Å². The molecule has 1 heterocycles. The molecule has 0 spiro atoms. The smallest absolute Gasteiger partial charge is 0.339 e. The zero-order valence-corrected chi connectivity index (χ0v) is 12.0. The van der Waals surface area contributed by atoms with E-state index >= 15 is 0 Å². The largest absolute Gasteiger partial charge is 0.465 e. The van der Waals surface area contributed by atoms with E-state index < -0.39 is 0 Å². The molecule has 108 valence electrons. The number of likely N-dealkylation sites (tertiary alicyclic amines) is 1. The number of amides is 1. The van der Waals surface area contributed by atoms with Gasteiger partial charge in [0.25, 0.3) is 0 Å². The summed E-state index contributed by atoms with van der Waals surface area (Å²) in [6, 6.07) is 7.16. The van der Waals surface area contributed by atoms with E-state index in [1.165, 1.54) is 7.11 Å². The lowest BCUT2D eigenvalue weighted by atomic mass is 10.1. The highest BCUT2D eigenvalue weighted by atomic mass is 16.5. The zero-order chi connectivity index (χ0) is 14.5. The van der Waals surface area contributed by atoms with Crippen molar-refractivity contribution < 1.29 is 14.3 Å². The minimum Gasteiger partial charge on any atom is -0.465 e. The van der Waals surface area contributed by atoms with Crippen LogP contribution >= 0.6 is 0 Å². The molecule has 20 heavy (non-hydrogen) atoms.